The zero-order chi connectivity index (χ0) is 16.4. The van der Waals surface area contributed by atoms with E-state index < -0.39 is 0 Å². The zero-order valence-electron chi connectivity index (χ0n) is 13.6. The molecule has 2 aromatic carbocycles. The van der Waals surface area contributed by atoms with Gasteiger partial charge < -0.3 is 10.2 Å². The Morgan fingerprint density at radius 3 is 2.96 bits per heavy atom. The second kappa shape index (κ2) is 6.28. The van der Waals surface area contributed by atoms with E-state index in [-0.39, 0.29) is 0 Å². The number of nitrogens with one attached hydrogen (secondary N) is 1. The molecule has 4 rings (SSSR count). The molecule has 0 aliphatic carbocycles. The summed E-state index contributed by atoms with van der Waals surface area (Å²) in [6.07, 6.45) is 2.68. The summed E-state index contributed by atoms with van der Waals surface area (Å²) in [5.41, 5.74) is 4.99. The molecule has 0 amide bonds. The average molecular weight is 317 g/mol. The van der Waals surface area contributed by atoms with Gasteiger partial charge in [0.1, 0.15) is 0 Å². The van der Waals surface area contributed by atoms with Crippen LogP contribution in [0.2, 0.25) is 0 Å². The van der Waals surface area contributed by atoms with E-state index in [1.165, 1.54) is 22.4 Å². The van der Waals surface area contributed by atoms with Crippen LogP contribution in [-0.2, 0) is 13.0 Å². The Morgan fingerprint density at radius 2 is 2.04 bits per heavy atom. The summed E-state index contributed by atoms with van der Waals surface area (Å²) in [5.74, 6) is 1.39. The second-order valence-corrected chi connectivity index (χ2v) is 6.01. The zero-order valence-corrected chi connectivity index (χ0v) is 13.6. The first kappa shape index (κ1) is 14.6. The molecule has 0 saturated heterocycles. The van der Waals surface area contributed by atoms with E-state index in [1.807, 2.05) is 6.07 Å². The summed E-state index contributed by atoms with van der Waals surface area (Å²) in [6, 6.07) is 16.8. The van der Waals surface area contributed by atoms with Crippen LogP contribution in [0.5, 0.6) is 0 Å². The Morgan fingerprint density at radius 1 is 1.12 bits per heavy atom. The van der Waals surface area contributed by atoms with Gasteiger partial charge >= 0.3 is 0 Å². The minimum absolute atomic E-state index is 0.647. The molecule has 5 heteroatoms. The van der Waals surface area contributed by atoms with Gasteiger partial charge in [0.25, 0.3) is 5.95 Å². The van der Waals surface area contributed by atoms with Gasteiger partial charge in [-0.3, -0.25) is 0 Å². The monoisotopic (exact) mass is 317 g/mol. The lowest BCUT2D eigenvalue weighted by molar-refractivity contribution is 0.881. The number of anilines is 3. The average Bonchev–Trinajstić information content (AvgIpc) is 3.04. The molecule has 0 bridgehead atoms. The van der Waals surface area contributed by atoms with E-state index in [0.29, 0.717) is 5.95 Å². The minimum Gasteiger partial charge on any atom is -0.365 e. The SMILES string of the molecule is Cc1cccc(CNc2cnnc(N3CCc4ccccc43)n2)c1. The van der Waals surface area contributed by atoms with Crippen LogP contribution >= 0.6 is 0 Å². The number of nitrogens with zero attached hydrogens (tertiary/aromatic N) is 4. The lowest BCUT2D eigenvalue weighted by Gasteiger charge is -2.17. The summed E-state index contributed by atoms with van der Waals surface area (Å²) in [5, 5.41) is 11.7. The van der Waals surface area contributed by atoms with Gasteiger partial charge in [-0.2, -0.15) is 10.1 Å². The molecule has 0 fully saturated rings. The molecule has 5 nitrogen and oxygen atoms in total. The standard InChI is InChI=1S/C19H19N5/c1-14-5-4-6-15(11-14)12-20-18-13-21-23-19(22-18)24-10-9-16-7-2-3-8-17(16)24/h2-8,11,13H,9-10,12H2,1H3,(H,20,22,23). The maximum absolute atomic E-state index is 4.63. The van der Waals surface area contributed by atoms with Gasteiger partial charge in [0, 0.05) is 18.8 Å². The van der Waals surface area contributed by atoms with Gasteiger partial charge in [-0.05, 0) is 30.5 Å². The number of rotatable bonds is 4. The second-order valence-electron chi connectivity index (χ2n) is 6.01. The van der Waals surface area contributed by atoms with E-state index in [4.69, 9.17) is 0 Å². The van der Waals surface area contributed by atoms with Crippen LogP contribution in [0, 0.1) is 6.92 Å². The van der Waals surface area contributed by atoms with Crippen molar-refractivity contribution in [1.82, 2.24) is 15.2 Å². The first-order valence-electron chi connectivity index (χ1n) is 8.14. The molecule has 0 saturated carbocycles. The normalized spacial score (nSPS) is 13.0. The van der Waals surface area contributed by atoms with E-state index in [1.54, 1.807) is 6.20 Å². The summed E-state index contributed by atoms with van der Waals surface area (Å²) in [7, 11) is 0. The third-order valence-corrected chi connectivity index (χ3v) is 4.23. The fraction of sp³-hybridized carbons (Fsp3) is 0.211. The highest BCUT2D eigenvalue weighted by molar-refractivity contribution is 5.65. The van der Waals surface area contributed by atoms with Crippen molar-refractivity contribution < 1.29 is 0 Å². The van der Waals surface area contributed by atoms with Gasteiger partial charge in [-0.1, -0.05) is 48.0 Å². The molecule has 120 valence electrons. The predicted molar refractivity (Wildman–Crippen MR) is 95.5 cm³/mol. The minimum atomic E-state index is 0.647. The van der Waals surface area contributed by atoms with Gasteiger partial charge in [0.05, 0.1) is 6.20 Å². The summed E-state index contributed by atoms with van der Waals surface area (Å²) in [6.45, 7) is 3.71. The third kappa shape index (κ3) is 2.93. The maximum Gasteiger partial charge on any atom is 0.251 e. The van der Waals surface area contributed by atoms with Crippen LogP contribution in [0.3, 0.4) is 0 Å². The molecule has 0 spiro atoms. The Balaban J connectivity index is 1.52. The van der Waals surface area contributed by atoms with Crippen molar-refractivity contribution in [3.63, 3.8) is 0 Å². The topological polar surface area (TPSA) is 53.9 Å². The van der Waals surface area contributed by atoms with Crippen molar-refractivity contribution in [2.75, 3.05) is 16.8 Å². The van der Waals surface area contributed by atoms with Gasteiger partial charge in [0.15, 0.2) is 5.82 Å². The highest BCUT2D eigenvalue weighted by Crippen LogP contribution is 2.32. The number of hydrogen-bond donors (Lipinski definition) is 1. The molecule has 1 N–H and O–H groups in total. The predicted octanol–water partition coefficient (Wildman–Crippen LogP) is 3.49. The lowest BCUT2D eigenvalue weighted by atomic mass is 10.1. The Labute approximate surface area is 141 Å². The molecule has 2 heterocycles. The molecular weight excluding hydrogens is 298 g/mol. The first-order valence-corrected chi connectivity index (χ1v) is 8.14. The Hall–Kier alpha value is -2.95. The van der Waals surface area contributed by atoms with Crippen LogP contribution < -0.4 is 10.2 Å². The summed E-state index contributed by atoms with van der Waals surface area (Å²) in [4.78, 5) is 6.76. The molecule has 24 heavy (non-hydrogen) atoms. The van der Waals surface area contributed by atoms with Crippen LogP contribution in [-0.4, -0.2) is 21.7 Å². The highest BCUT2D eigenvalue weighted by atomic mass is 15.3. The number of aromatic nitrogens is 3. The van der Waals surface area contributed by atoms with E-state index in [0.717, 1.165) is 25.3 Å². The van der Waals surface area contributed by atoms with Crippen molar-refractivity contribution in [2.45, 2.75) is 19.9 Å². The smallest absolute Gasteiger partial charge is 0.251 e. The van der Waals surface area contributed by atoms with Crippen molar-refractivity contribution >= 4 is 17.5 Å². The molecular formula is C19H19N5. The summed E-state index contributed by atoms with van der Waals surface area (Å²) >= 11 is 0. The Bertz CT molecular complexity index is 862. The van der Waals surface area contributed by atoms with Crippen molar-refractivity contribution in [1.29, 1.82) is 0 Å². The molecule has 0 unspecified atom stereocenters. The quantitative estimate of drug-likeness (QED) is 0.798. The molecule has 1 aliphatic rings. The fourth-order valence-corrected chi connectivity index (χ4v) is 3.05. The molecule has 3 aromatic rings. The van der Waals surface area contributed by atoms with E-state index in [2.05, 4.69) is 74.8 Å². The number of benzene rings is 2. The van der Waals surface area contributed by atoms with Crippen molar-refractivity contribution in [2.24, 2.45) is 0 Å². The van der Waals surface area contributed by atoms with E-state index in [9.17, 15) is 0 Å². The molecule has 1 aromatic heterocycles. The first-order chi connectivity index (χ1) is 11.8. The molecule has 1 aliphatic heterocycles. The third-order valence-electron chi connectivity index (χ3n) is 4.23. The van der Waals surface area contributed by atoms with Gasteiger partial charge in [0.2, 0.25) is 0 Å². The van der Waals surface area contributed by atoms with E-state index >= 15 is 0 Å². The van der Waals surface area contributed by atoms with Crippen molar-refractivity contribution in [3.8, 4) is 0 Å². The van der Waals surface area contributed by atoms with Crippen LogP contribution in [0.15, 0.2) is 54.7 Å². The van der Waals surface area contributed by atoms with Crippen LogP contribution in [0.1, 0.15) is 16.7 Å². The highest BCUT2D eigenvalue weighted by Gasteiger charge is 2.22. The summed E-state index contributed by atoms with van der Waals surface area (Å²) < 4.78 is 0. The fourth-order valence-electron chi connectivity index (χ4n) is 3.05. The molecule has 0 radical (unpaired) electrons. The van der Waals surface area contributed by atoms with Crippen LogP contribution in [0.25, 0.3) is 0 Å². The van der Waals surface area contributed by atoms with Gasteiger partial charge in [-0.15, -0.1) is 5.10 Å². The van der Waals surface area contributed by atoms with Crippen LogP contribution in [0.4, 0.5) is 17.5 Å². The molecule has 0 atom stereocenters. The maximum atomic E-state index is 4.63. The Kier molecular flexibility index (Phi) is 3.83. The van der Waals surface area contributed by atoms with Gasteiger partial charge in [-0.25, -0.2) is 0 Å². The number of fused-ring (bicyclic) bond motifs is 1. The number of para-hydroxylation sites is 1. The van der Waals surface area contributed by atoms with Crippen molar-refractivity contribution in [3.05, 3.63) is 71.4 Å². The number of aryl methyl sites for hydroxylation is 1. The largest absolute Gasteiger partial charge is 0.365 e. The lowest BCUT2D eigenvalue weighted by Crippen LogP contribution is -2.17. The number of hydrogen-bond acceptors (Lipinski definition) is 5.